The van der Waals surface area contributed by atoms with E-state index in [1.165, 1.54) is 12.0 Å². The van der Waals surface area contributed by atoms with Gasteiger partial charge in [-0.05, 0) is 55.6 Å². The summed E-state index contributed by atoms with van der Waals surface area (Å²) in [6.45, 7) is 5.99. The molecule has 1 unspecified atom stereocenters. The Labute approximate surface area is 136 Å². The normalized spacial score (nSPS) is 25.9. The van der Waals surface area contributed by atoms with Crippen molar-refractivity contribution in [2.45, 2.75) is 25.4 Å². The second kappa shape index (κ2) is 7.30. The third kappa shape index (κ3) is 4.33. The molecule has 2 aliphatic heterocycles. The van der Waals surface area contributed by atoms with E-state index in [-0.39, 0.29) is 0 Å². The summed E-state index contributed by atoms with van der Waals surface area (Å²) < 4.78 is 5.58. The molecule has 1 N–H and O–H groups in total. The van der Waals surface area contributed by atoms with Crippen LogP contribution >= 0.6 is 23.2 Å². The second-order valence-electron chi connectivity index (χ2n) is 6.08. The van der Waals surface area contributed by atoms with Gasteiger partial charge in [0.1, 0.15) is 0 Å². The molecule has 3 rings (SSSR count). The minimum absolute atomic E-state index is 0.517. The average molecular weight is 329 g/mol. The van der Waals surface area contributed by atoms with Gasteiger partial charge in [-0.15, -0.1) is 0 Å². The van der Waals surface area contributed by atoms with E-state index in [0.717, 1.165) is 51.7 Å². The predicted octanol–water partition coefficient (Wildman–Crippen LogP) is 3.19. The van der Waals surface area contributed by atoms with Gasteiger partial charge in [0.05, 0.1) is 6.61 Å². The Morgan fingerprint density at radius 1 is 1.19 bits per heavy atom. The molecule has 2 heterocycles. The first-order valence-electron chi connectivity index (χ1n) is 7.68. The topological polar surface area (TPSA) is 24.5 Å². The Kier molecular flexibility index (Phi) is 5.41. The Bertz CT molecular complexity index is 451. The third-order valence-electron chi connectivity index (χ3n) is 4.39. The van der Waals surface area contributed by atoms with Gasteiger partial charge in [0.25, 0.3) is 0 Å². The molecule has 116 valence electrons. The summed E-state index contributed by atoms with van der Waals surface area (Å²) in [4.78, 5) is 2.55. The summed E-state index contributed by atoms with van der Waals surface area (Å²) >= 11 is 12.3. The van der Waals surface area contributed by atoms with E-state index in [9.17, 15) is 0 Å². The van der Waals surface area contributed by atoms with Gasteiger partial charge in [-0.1, -0.05) is 23.2 Å². The van der Waals surface area contributed by atoms with Gasteiger partial charge < -0.3 is 10.1 Å². The van der Waals surface area contributed by atoms with E-state index in [1.54, 1.807) is 6.07 Å². The molecule has 2 saturated heterocycles. The number of nitrogens with one attached hydrogen (secondary N) is 1. The number of halogens is 2. The Morgan fingerprint density at radius 3 is 2.62 bits per heavy atom. The van der Waals surface area contributed by atoms with E-state index in [2.05, 4.69) is 10.2 Å². The van der Waals surface area contributed by atoms with Crippen LogP contribution in [0.4, 0.5) is 0 Å². The molecule has 0 spiro atoms. The largest absolute Gasteiger partial charge is 0.380 e. The lowest BCUT2D eigenvalue weighted by atomic mass is 10.1. The number of ether oxygens (including phenoxy) is 1. The number of rotatable bonds is 5. The maximum absolute atomic E-state index is 6.13. The van der Waals surface area contributed by atoms with Crippen LogP contribution in [0.1, 0.15) is 18.4 Å². The minimum Gasteiger partial charge on any atom is -0.380 e. The lowest BCUT2D eigenvalue weighted by Gasteiger charge is -2.30. The highest BCUT2D eigenvalue weighted by atomic mass is 35.5. The first-order valence-corrected chi connectivity index (χ1v) is 8.44. The molecule has 5 heteroatoms. The van der Waals surface area contributed by atoms with E-state index in [4.69, 9.17) is 27.9 Å². The number of hydrogen-bond donors (Lipinski definition) is 1. The first-order chi connectivity index (χ1) is 10.2. The number of hydrogen-bond acceptors (Lipinski definition) is 3. The smallest absolute Gasteiger partial charge is 0.0622 e. The van der Waals surface area contributed by atoms with Gasteiger partial charge in [-0.3, -0.25) is 4.90 Å². The van der Waals surface area contributed by atoms with Gasteiger partial charge in [0.15, 0.2) is 0 Å². The maximum atomic E-state index is 6.13. The van der Waals surface area contributed by atoms with Gasteiger partial charge in [0.2, 0.25) is 0 Å². The molecule has 21 heavy (non-hydrogen) atoms. The fraction of sp³-hybridized carbons (Fsp3) is 0.625. The summed E-state index contributed by atoms with van der Waals surface area (Å²) in [5.41, 5.74) is 1.19. The van der Waals surface area contributed by atoms with Crippen molar-refractivity contribution in [2.24, 2.45) is 5.92 Å². The Balaban J connectivity index is 1.70. The molecule has 1 aromatic carbocycles. The molecule has 2 aliphatic rings. The van der Waals surface area contributed by atoms with Crippen LogP contribution in [-0.4, -0.2) is 43.8 Å². The molecule has 2 fully saturated rings. The SMILES string of the molecule is Clc1cc(Cl)cc(CN(C[C@@H]2CCNC2)C2CCOC2)c1. The molecule has 2 atom stereocenters. The molecule has 0 radical (unpaired) electrons. The highest BCUT2D eigenvalue weighted by molar-refractivity contribution is 6.34. The standard InChI is InChI=1S/C16H22Cl2N2O/c17-14-5-13(6-15(18)7-14)10-20(16-2-4-21-11-16)9-12-1-3-19-8-12/h5-7,12,16,19H,1-4,8-11H2/t12-,16?/m1/s1. The summed E-state index contributed by atoms with van der Waals surface area (Å²) in [7, 11) is 0. The van der Waals surface area contributed by atoms with Crippen LogP contribution < -0.4 is 5.32 Å². The van der Waals surface area contributed by atoms with Crippen molar-refractivity contribution < 1.29 is 4.74 Å². The fourth-order valence-electron chi connectivity index (χ4n) is 3.29. The van der Waals surface area contributed by atoms with Crippen molar-refractivity contribution in [1.29, 1.82) is 0 Å². The monoisotopic (exact) mass is 328 g/mol. The van der Waals surface area contributed by atoms with Crippen LogP contribution in [0.5, 0.6) is 0 Å². The van der Waals surface area contributed by atoms with Crippen LogP contribution in [0, 0.1) is 5.92 Å². The zero-order valence-corrected chi connectivity index (χ0v) is 13.7. The number of benzene rings is 1. The van der Waals surface area contributed by atoms with Crippen molar-refractivity contribution >= 4 is 23.2 Å². The summed E-state index contributed by atoms with van der Waals surface area (Å²) in [6, 6.07) is 6.34. The summed E-state index contributed by atoms with van der Waals surface area (Å²) in [6.07, 6.45) is 2.38. The van der Waals surface area contributed by atoms with Crippen molar-refractivity contribution in [1.82, 2.24) is 10.2 Å². The van der Waals surface area contributed by atoms with Gasteiger partial charge in [0, 0.05) is 35.8 Å². The minimum atomic E-state index is 0.517. The molecular weight excluding hydrogens is 307 g/mol. The second-order valence-corrected chi connectivity index (χ2v) is 6.96. The van der Waals surface area contributed by atoms with Crippen molar-refractivity contribution in [2.75, 3.05) is 32.8 Å². The summed E-state index contributed by atoms with van der Waals surface area (Å²) in [5.74, 6) is 0.736. The van der Waals surface area contributed by atoms with Crippen molar-refractivity contribution in [3.8, 4) is 0 Å². The Morgan fingerprint density at radius 2 is 2.00 bits per heavy atom. The predicted molar refractivity (Wildman–Crippen MR) is 87.1 cm³/mol. The van der Waals surface area contributed by atoms with E-state index in [0.29, 0.717) is 16.1 Å². The van der Waals surface area contributed by atoms with E-state index >= 15 is 0 Å². The maximum Gasteiger partial charge on any atom is 0.0622 e. The molecular formula is C16H22Cl2N2O. The highest BCUT2D eigenvalue weighted by Gasteiger charge is 2.27. The zero-order chi connectivity index (χ0) is 14.7. The molecule has 0 amide bonds. The van der Waals surface area contributed by atoms with Crippen molar-refractivity contribution in [3.63, 3.8) is 0 Å². The summed E-state index contributed by atoms with van der Waals surface area (Å²) in [5, 5.41) is 4.87. The molecule has 0 bridgehead atoms. The Hall–Kier alpha value is -0.320. The quantitative estimate of drug-likeness (QED) is 0.898. The highest BCUT2D eigenvalue weighted by Crippen LogP contribution is 2.24. The first kappa shape index (κ1) is 15.6. The van der Waals surface area contributed by atoms with Crippen LogP contribution in [-0.2, 0) is 11.3 Å². The molecule has 0 aromatic heterocycles. The molecule has 0 saturated carbocycles. The molecule has 1 aromatic rings. The average Bonchev–Trinajstić information content (AvgIpc) is 3.10. The lowest BCUT2D eigenvalue weighted by Crippen LogP contribution is -2.39. The molecule has 0 aliphatic carbocycles. The van der Waals surface area contributed by atoms with Crippen molar-refractivity contribution in [3.05, 3.63) is 33.8 Å². The number of nitrogens with zero attached hydrogens (tertiary/aromatic N) is 1. The van der Waals surface area contributed by atoms with Gasteiger partial charge >= 0.3 is 0 Å². The van der Waals surface area contributed by atoms with E-state index < -0.39 is 0 Å². The van der Waals surface area contributed by atoms with Crippen LogP contribution in [0.25, 0.3) is 0 Å². The van der Waals surface area contributed by atoms with Crippen LogP contribution in [0.15, 0.2) is 18.2 Å². The van der Waals surface area contributed by atoms with Crippen LogP contribution in [0.3, 0.4) is 0 Å². The lowest BCUT2D eigenvalue weighted by molar-refractivity contribution is 0.126. The van der Waals surface area contributed by atoms with Crippen LogP contribution in [0.2, 0.25) is 10.0 Å². The third-order valence-corrected chi connectivity index (χ3v) is 4.82. The van der Waals surface area contributed by atoms with Gasteiger partial charge in [-0.25, -0.2) is 0 Å². The zero-order valence-electron chi connectivity index (χ0n) is 12.2. The van der Waals surface area contributed by atoms with E-state index in [1.807, 2.05) is 12.1 Å². The molecule has 3 nitrogen and oxygen atoms in total. The fourth-order valence-corrected chi connectivity index (χ4v) is 3.86. The van der Waals surface area contributed by atoms with Gasteiger partial charge in [-0.2, -0.15) is 0 Å².